The Hall–Kier alpha value is -2.62. The van der Waals surface area contributed by atoms with Crippen molar-refractivity contribution in [1.29, 1.82) is 5.26 Å². The summed E-state index contributed by atoms with van der Waals surface area (Å²) in [4.78, 5) is 22.4. The lowest BCUT2D eigenvalue weighted by molar-refractivity contribution is 0.614. The number of H-pyrrole nitrogens is 2. The normalized spacial score (nSPS) is 10.0. The monoisotopic (exact) mass is 220 g/mol. The van der Waals surface area contributed by atoms with Crippen molar-refractivity contribution in [3.63, 3.8) is 0 Å². The van der Waals surface area contributed by atoms with Crippen LogP contribution in [0.25, 0.3) is 5.69 Å². The molecule has 0 aliphatic carbocycles. The number of hydrogen-bond acceptors (Lipinski definition) is 3. The van der Waals surface area contributed by atoms with Crippen LogP contribution in [0.5, 0.6) is 0 Å². The van der Waals surface area contributed by atoms with Crippen LogP contribution in [0.1, 0.15) is 5.56 Å². The lowest BCUT2D eigenvalue weighted by atomic mass is 10.2. The molecule has 0 amide bonds. The average Bonchev–Trinajstić information content (AvgIpc) is 2.59. The van der Waals surface area contributed by atoms with Gasteiger partial charge in [0, 0.05) is 0 Å². The predicted octanol–water partition coefficient (Wildman–Crippen LogP) is -0.135. The largest absolute Gasteiger partial charge is 0.349 e. The Morgan fingerprint density at radius 3 is 2.38 bits per heavy atom. The fourth-order valence-corrected chi connectivity index (χ4v) is 1.29. The number of aromatic amines is 2. The zero-order valence-corrected chi connectivity index (χ0v) is 7.82. The van der Waals surface area contributed by atoms with E-state index in [2.05, 4.69) is 0 Å². The summed E-state index contributed by atoms with van der Waals surface area (Å²) >= 11 is 0. The zero-order valence-electron chi connectivity index (χ0n) is 7.82. The van der Waals surface area contributed by atoms with Crippen LogP contribution in [0.3, 0.4) is 0 Å². The Bertz CT molecular complexity index is 661. The highest BCUT2D eigenvalue weighted by molar-refractivity contribution is 5.40. The van der Waals surface area contributed by atoms with E-state index in [-0.39, 0.29) is 11.3 Å². The third kappa shape index (κ3) is 1.42. The molecule has 2 aromatic rings. The highest BCUT2D eigenvalue weighted by Crippen LogP contribution is 2.11. The van der Waals surface area contributed by atoms with Crippen molar-refractivity contribution >= 4 is 0 Å². The molecule has 0 atom stereocenters. The van der Waals surface area contributed by atoms with Gasteiger partial charge in [0.2, 0.25) is 0 Å². The van der Waals surface area contributed by atoms with Crippen molar-refractivity contribution in [1.82, 2.24) is 14.8 Å². The average molecular weight is 220 g/mol. The van der Waals surface area contributed by atoms with Crippen molar-refractivity contribution in [2.24, 2.45) is 0 Å². The Morgan fingerprint density at radius 1 is 1.25 bits per heavy atom. The Labute approximate surface area is 87.6 Å². The highest BCUT2D eigenvalue weighted by atomic mass is 19.1. The van der Waals surface area contributed by atoms with E-state index in [9.17, 15) is 14.0 Å². The second kappa shape index (κ2) is 3.51. The Morgan fingerprint density at radius 2 is 1.88 bits per heavy atom. The molecule has 0 radical (unpaired) electrons. The van der Waals surface area contributed by atoms with Gasteiger partial charge in [-0.1, -0.05) is 0 Å². The fraction of sp³-hybridized carbons (Fsp3) is 0. The van der Waals surface area contributed by atoms with Crippen molar-refractivity contribution in [3.05, 3.63) is 50.5 Å². The van der Waals surface area contributed by atoms with Gasteiger partial charge in [0.15, 0.2) is 0 Å². The molecular weight excluding hydrogens is 215 g/mol. The summed E-state index contributed by atoms with van der Waals surface area (Å²) in [5, 5.41) is 12.6. The second-order valence-electron chi connectivity index (χ2n) is 2.97. The van der Waals surface area contributed by atoms with Crippen molar-refractivity contribution in [2.45, 2.75) is 0 Å². The lowest BCUT2D eigenvalue weighted by Crippen LogP contribution is -2.25. The van der Waals surface area contributed by atoms with Crippen LogP contribution in [0.4, 0.5) is 4.39 Å². The van der Waals surface area contributed by atoms with Crippen molar-refractivity contribution in [2.75, 3.05) is 0 Å². The van der Waals surface area contributed by atoms with Crippen molar-refractivity contribution < 1.29 is 4.39 Å². The van der Waals surface area contributed by atoms with Gasteiger partial charge < -0.3 is 0 Å². The molecule has 0 saturated heterocycles. The summed E-state index contributed by atoms with van der Waals surface area (Å²) in [6, 6.07) is 5.21. The standard InChI is InChI=1S/C9H5FN4O2/c10-6-3-5(4-11)1-2-7(6)14-8(15)12-13-9(14)16/h1-3H,(H,12,15)(H,13,16). The van der Waals surface area contributed by atoms with Gasteiger partial charge in [-0.25, -0.2) is 28.7 Å². The molecule has 0 aliphatic rings. The maximum atomic E-state index is 13.5. The van der Waals surface area contributed by atoms with Gasteiger partial charge >= 0.3 is 11.4 Å². The maximum Gasteiger partial charge on any atom is 0.349 e. The first kappa shape index (κ1) is 9.92. The first-order valence-corrected chi connectivity index (χ1v) is 4.23. The third-order valence-electron chi connectivity index (χ3n) is 2.00. The van der Waals surface area contributed by atoms with Gasteiger partial charge in [-0.15, -0.1) is 0 Å². The molecule has 0 spiro atoms. The van der Waals surface area contributed by atoms with E-state index in [0.717, 1.165) is 6.07 Å². The van der Waals surface area contributed by atoms with E-state index in [4.69, 9.17) is 5.26 Å². The Balaban J connectivity index is 2.72. The van der Waals surface area contributed by atoms with Crippen molar-refractivity contribution in [3.8, 4) is 11.8 Å². The number of nitrogens with one attached hydrogen (secondary N) is 2. The van der Waals surface area contributed by atoms with E-state index in [1.165, 1.54) is 12.1 Å². The molecule has 6 nitrogen and oxygen atoms in total. The number of aromatic nitrogens is 3. The molecule has 7 heteroatoms. The molecule has 1 heterocycles. The van der Waals surface area contributed by atoms with Crippen LogP contribution in [0, 0.1) is 17.1 Å². The van der Waals surface area contributed by atoms with Gasteiger partial charge in [0.1, 0.15) is 5.82 Å². The lowest BCUT2D eigenvalue weighted by Gasteiger charge is -2.00. The number of benzene rings is 1. The van der Waals surface area contributed by atoms with Crippen LogP contribution in [-0.4, -0.2) is 14.8 Å². The summed E-state index contributed by atoms with van der Waals surface area (Å²) in [6.45, 7) is 0. The number of nitriles is 1. The SMILES string of the molecule is N#Cc1ccc(-n2c(=O)[nH][nH]c2=O)c(F)c1. The van der Waals surface area contributed by atoms with E-state index in [1.807, 2.05) is 10.2 Å². The minimum absolute atomic E-state index is 0.112. The molecule has 1 aromatic heterocycles. The molecule has 16 heavy (non-hydrogen) atoms. The number of halogens is 1. The van der Waals surface area contributed by atoms with Gasteiger partial charge in [-0.3, -0.25) is 0 Å². The topological polar surface area (TPSA) is 94.4 Å². The fourth-order valence-electron chi connectivity index (χ4n) is 1.29. The number of nitrogens with zero attached hydrogens (tertiary/aromatic N) is 2. The third-order valence-corrected chi connectivity index (χ3v) is 2.00. The van der Waals surface area contributed by atoms with Crippen LogP contribution >= 0.6 is 0 Å². The van der Waals surface area contributed by atoms with Crippen LogP contribution in [0.15, 0.2) is 27.8 Å². The molecule has 0 unspecified atom stereocenters. The number of rotatable bonds is 1. The second-order valence-corrected chi connectivity index (χ2v) is 2.97. The first-order chi connectivity index (χ1) is 7.63. The summed E-state index contributed by atoms with van der Waals surface area (Å²) in [6.07, 6.45) is 0. The van der Waals surface area contributed by atoms with E-state index >= 15 is 0 Å². The minimum Gasteiger partial charge on any atom is -0.247 e. The van der Waals surface area contributed by atoms with Gasteiger partial charge in [0.25, 0.3) is 0 Å². The van der Waals surface area contributed by atoms with E-state index < -0.39 is 17.2 Å². The summed E-state index contributed by atoms with van der Waals surface area (Å²) in [5.41, 5.74) is -1.63. The Kier molecular flexibility index (Phi) is 2.17. The molecule has 80 valence electrons. The molecule has 0 bridgehead atoms. The molecule has 2 rings (SSSR count). The zero-order chi connectivity index (χ0) is 11.7. The van der Waals surface area contributed by atoms with Gasteiger partial charge in [0.05, 0.1) is 17.3 Å². The summed E-state index contributed by atoms with van der Waals surface area (Å²) in [7, 11) is 0. The summed E-state index contributed by atoms with van der Waals surface area (Å²) in [5.74, 6) is -0.814. The summed E-state index contributed by atoms with van der Waals surface area (Å²) < 4.78 is 14.1. The molecule has 2 N–H and O–H groups in total. The van der Waals surface area contributed by atoms with Gasteiger partial charge in [-0.2, -0.15) is 5.26 Å². The predicted molar refractivity (Wildman–Crippen MR) is 51.7 cm³/mol. The van der Waals surface area contributed by atoms with Crippen LogP contribution in [-0.2, 0) is 0 Å². The van der Waals surface area contributed by atoms with Crippen LogP contribution < -0.4 is 11.4 Å². The highest BCUT2D eigenvalue weighted by Gasteiger charge is 2.11. The van der Waals surface area contributed by atoms with Crippen LogP contribution in [0.2, 0.25) is 0 Å². The minimum atomic E-state index is -0.814. The van der Waals surface area contributed by atoms with Gasteiger partial charge in [-0.05, 0) is 18.2 Å². The molecule has 0 fully saturated rings. The molecule has 1 aromatic carbocycles. The van der Waals surface area contributed by atoms with E-state index in [1.54, 1.807) is 6.07 Å². The molecular formula is C9H5FN4O2. The van der Waals surface area contributed by atoms with E-state index in [0.29, 0.717) is 4.57 Å². The quantitative estimate of drug-likeness (QED) is 0.700. The molecule has 0 saturated carbocycles. The molecule has 0 aliphatic heterocycles. The first-order valence-electron chi connectivity index (χ1n) is 4.23. The smallest absolute Gasteiger partial charge is 0.247 e. The number of hydrogen-bond donors (Lipinski definition) is 2. The maximum absolute atomic E-state index is 13.5.